The average molecular weight is 265 g/mol. The Morgan fingerprint density at radius 2 is 2.05 bits per heavy atom. The first-order chi connectivity index (χ1) is 9.78. The summed E-state index contributed by atoms with van der Waals surface area (Å²) in [5.74, 6) is 0. The van der Waals surface area contributed by atoms with Crippen LogP contribution < -0.4 is 11.2 Å². The molecular formula is C16H15N3O. The second kappa shape index (κ2) is 5.17. The van der Waals surface area contributed by atoms with Crippen molar-refractivity contribution in [1.29, 1.82) is 0 Å². The Bertz CT molecular complexity index is 679. The van der Waals surface area contributed by atoms with Gasteiger partial charge in [0.05, 0.1) is 5.71 Å². The van der Waals surface area contributed by atoms with Crippen LogP contribution in [0.5, 0.6) is 0 Å². The van der Waals surface area contributed by atoms with E-state index in [9.17, 15) is 4.79 Å². The van der Waals surface area contributed by atoms with E-state index < -0.39 is 0 Å². The maximum absolute atomic E-state index is 11.1. The molecule has 1 aliphatic heterocycles. The van der Waals surface area contributed by atoms with Crippen molar-refractivity contribution >= 4 is 17.7 Å². The minimum absolute atomic E-state index is 0.365. The molecule has 0 aromatic heterocycles. The highest BCUT2D eigenvalue weighted by Gasteiger charge is 2.21. The smallest absolute Gasteiger partial charge is 0.148 e. The van der Waals surface area contributed by atoms with Gasteiger partial charge in [-0.2, -0.15) is 5.10 Å². The largest absolute Gasteiger partial charge is 0.399 e. The fraction of sp³-hybridized carbons (Fsp3) is 0.125. The van der Waals surface area contributed by atoms with Crippen LogP contribution in [0.4, 0.5) is 5.69 Å². The van der Waals surface area contributed by atoms with Crippen LogP contribution in [0.3, 0.4) is 0 Å². The van der Waals surface area contributed by atoms with Crippen molar-refractivity contribution in [2.75, 3.05) is 5.73 Å². The topological polar surface area (TPSA) is 67.5 Å². The van der Waals surface area contributed by atoms with E-state index in [-0.39, 0.29) is 6.04 Å². The first kappa shape index (κ1) is 12.4. The summed E-state index contributed by atoms with van der Waals surface area (Å²) in [7, 11) is 0. The number of nitrogens with one attached hydrogen (secondary N) is 1. The first-order valence-electron chi connectivity index (χ1n) is 6.49. The van der Waals surface area contributed by atoms with Gasteiger partial charge >= 0.3 is 0 Å². The summed E-state index contributed by atoms with van der Waals surface area (Å²) in [6.07, 6.45) is 1.56. The first-order valence-corrected chi connectivity index (χ1v) is 6.49. The molecule has 4 nitrogen and oxygen atoms in total. The summed E-state index contributed by atoms with van der Waals surface area (Å²) in [5, 5.41) is 4.34. The molecule has 1 atom stereocenters. The highest BCUT2D eigenvalue weighted by molar-refractivity contribution is 6.04. The normalized spacial score (nSPS) is 16.8. The van der Waals surface area contributed by atoms with E-state index in [0.717, 1.165) is 34.4 Å². The Hall–Kier alpha value is -2.62. The Balaban J connectivity index is 1.95. The number of hydrogen-bond donors (Lipinski definition) is 2. The Morgan fingerprint density at radius 3 is 2.85 bits per heavy atom. The maximum atomic E-state index is 11.1. The molecule has 0 aliphatic carbocycles. The van der Waals surface area contributed by atoms with Crippen LogP contribution in [0.25, 0.3) is 0 Å². The van der Waals surface area contributed by atoms with Crippen LogP contribution in [0.2, 0.25) is 0 Å². The van der Waals surface area contributed by atoms with Gasteiger partial charge in [-0.1, -0.05) is 36.4 Å². The molecular weight excluding hydrogens is 250 g/mol. The Morgan fingerprint density at radius 1 is 1.20 bits per heavy atom. The fourth-order valence-corrected chi connectivity index (χ4v) is 2.44. The van der Waals surface area contributed by atoms with Gasteiger partial charge in [-0.15, -0.1) is 0 Å². The van der Waals surface area contributed by atoms with Crippen LogP contribution in [-0.2, 0) is 11.2 Å². The number of hydrogen-bond acceptors (Lipinski definition) is 4. The van der Waals surface area contributed by atoms with E-state index in [1.165, 1.54) is 0 Å². The van der Waals surface area contributed by atoms with Crippen molar-refractivity contribution in [3.05, 3.63) is 65.2 Å². The summed E-state index contributed by atoms with van der Waals surface area (Å²) in [6, 6.07) is 15.2. The average Bonchev–Trinajstić information content (AvgIpc) is 2.48. The van der Waals surface area contributed by atoms with E-state index in [0.29, 0.717) is 6.42 Å². The van der Waals surface area contributed by atoms with E-state index >= 15 is 0 Å². The molecule has 20 heavy (non-hydrogen) atoms. The number of anilines is 1. The van der Waals surface area contributed by atoms with Crippen molar-refractivity contribution in [2.45, 2.75) is 12.5 Å². The summed E-state index contributed by atoms with van der Waals surface area (Å²) >= 11 is 0. The number of benzene rings is 2. The fourth-order valence-electron chi connectivity index (χ4n) is 2.44. The number of carbonyl (C=O) groups excluding carboxylic acids is 1. The quantitative estimate of drug-likeness (QED) is 0.659. The lowest BCUT2D eigenvalue weighted by molar-refractivity contribution is -0.109. The summed E-state index contributed by atoms with van der Waals surface area (Å²) in [5.41, 5.74) is 13.5. The van der Waals surface area contributed by atoms with Crippen molar-refractivity contribution in [1.82, 2.24) is 5.43 Å². The summed E-state index contributed by atoms with van der Waals surface area (Å²) < 4.78 is 0. The van der Waals surface area contributed by atoms with Crippen LogP contribution in [0.1, 0.15) is 22.7 Å². The van der Waals surface area contributed by atoms with E-state index in [1.807, 2.05) is 48.5 Å². The molecule has 0 fully saturated rings. The minimum atomic E-state index is -0.365. The van der Waals surface area contributed by atoms with Gasteiger partial charge in [0.15, 0.2) is 0 Å². The molecule has 0 saturated carbocycles. The number of carbonyl (C=O) groups is 1. The molecule has 2 aromatic rings. The van der Waals surface area contributed by atoms with Gasteiger partial charge in [0.2, 0.25) is 0 Å². The lowest BCUT2D eigenvalue weighted by Gasteiger charge is -2.22. The zero-order valence-corrected chi connectivity index (χ0v) is 10.9. The van der Waals surface area contributed by atoms with Crippen LogP contribution in [0, 0.1) is 0 Å². The van der Waals surface area contributed by atoms with Crippen LogP contribution in [-0.4, -0.2) is 12.0 Å². The zero-order valence-electron chi connectivity index (χ0n) is 10.9. The zero-order chi connectivity index (χ0) is 13.9. The number of rotatable bonds is 3. The Labute approximate surface area is 117 Å². The molecule has 3 N–H and O–H groups in total. The second-order valence-electron chi connectivity index (χ2n) is 4.81. The van der Waals surface area contributed by atoms with Crippen molar-refractivity contribution in [3.8, 4) is 0 Å². The van der Waals surface area contributed by atoms with Crippen molar-refractivity contribution < 1.29 is 4.79 Å². The van der Waals surface area contributed by atoms with Gasteiger partial charge in [-0.05, 0) is 23.3 Å². The minimum Gasteiger partial charge on any atom is -0.399 e. The molecule has 2 aromatic carbocycles. The molecule has 0 bridgehead atoms. The second-order valence-corrected chi connectivity index (χ2v) is 4.81. The number of hydrazone groups is 1. The highest BCUT2D eigenvalue weighted by Crippen LogP contribution is 2.23. The van der Waals surface area contributed by atoms with Crippen LogP contribution >= 0.6 is 0 Å². The molecule has 100 valence electrons. The lowest BCUT2D eigenvalue weighted by Crippen LogP contribution is -2.28. The van der Waals surface area contributed by atoms with E-state index in [4.69, 9.17) is 5.73 Å². The third kappa shape index (κ3) is 2.28. The third-order valence-electron chi connectivity index (χ3n) is 3.40. The standard InChI is InChI=1S/C16H15N3O/c17-12-5-3-4-11(8-12)9-15-13-6-1-2-7-14(13)16(10-20)19-18-15/h1-8,10,16,19H,9,17H2. The molecule has 0 spiro atoms. The SMILES string of the molecule is Nc1cccc(CC2=NNC(C=O)c3ccccc32)c1. The number of nitrogens with two attached hydrogens (primary N) is 1. The molecule has 0 saturated heterocycles. The number of fused-ring (bicyclic) bond motifs is 1. The van der Waals surface area contributed by atoms with Gasteiger partial charge in [0, 0.05) is 17.7 Å². The third-order valence-corrected chi connectivity index (χ3v) is 3.40. The summed E-state index contributed by atoms with van der Waals surface area (Å²) in [6.45, 7) is 0. The van der Waals surface area contributed by atoms with Crippen LogP contribution in [0.15, 0.2) is 53.6 Å². The molecule has 4 heteroatoms. The molecule has 0 radical (unpaired) electrons. The predicted octanol–water partition coefficient (Wildman–Crippen LogP) is 2.06. The molecule has 1 aliphatic rings. The number of nitrogens with zero attached hydrogens (tertiary/aromatic N) is 1. The Kier molecular flexibility index (Phi) is 3.21. The number of aldehydes is 1. The van der Waals surface area contributed by atoms with Gasteiger partial charge in [0.25, 0.3) is 0 Å². The van der Waals surface area contributed by atoms with Gasteiger partial charge in [-0.3, -0.25) is 5.43 Å². The van der Waals surface area contributed by atoms with Crippen molar-refractivity contribution in [3.63, 3.8) is 0 Å². The molecule has 1 unspecified atom stereocenters. The maximum Gasteiger partial charge on any atom is 0.148 e. The monoisotopic (exact) mass is 265 g/mol. The highest BCUT2D eigenvalue weighted by atomic mass is 16.1. The predicted molar refractivity (Wildman–Crippen MR) is 79.5 cm³/mol. The van der Waals surface area contributed by atoms with E-state index in [1.54, 1.807) is 0 Å². The van der Waals surface area contributed by atoms with Gasteiger partial charge in [0.1, 0.15) is 12.3 Å². The molecule has 3 rings (SSSR count). The summed E-state index contributed by atoms with van der Waals surface area (Å²) in [4.78, 5) is 11.1. The van der Waals surface area contributed by atoms with Gasteiger partial charge in [-0.25, -0.2) is 0 Å². The van der Waals surface area contributed by atoms with E-state index in [2.05, 4.69) is 10.5 Å². The molecule has 0 amide bonds. The number of nitrogen functional groups attached to an aromatic ring is 1. The van der Waals surface area contributed by atoms with Crippen molar-refractivity contribution in [2.24, 2.45) is 5.10 Å². The van der Waals surface area contributed by atoms with Gasteiger partial charge < -0.3 is 10.5 Å². The lowest BCUT2D eigenvalue weighted by atomic mass is 9.93. The molecule has 1 heterocycles.